The molecule has 4 rings (SSSR count). The van der Waals surface area contributed by atoms with Crippen LogP contribution in [0, 0.1) is 0 Å². The van der Waals surface area contributed by atoms with E-state index in [-0.39, 0.29) is 5.91 Å². The lowest BCUT2D eigenvalue weighted by atomic mass is 10.1. The number of amidine groups is 1. The highest BCUT2D eigenvalue weighted by atomic mass is 16.1. The Hall–Kier alpha value is -3.22. The van der Waals surface area contributed by atoms with Gasteiger partial charge in [0.2, 0.25) is 5.96 Å². The van der Waals surface area contributed by atoms with Crippen LogP contribution in [0.4, 0.5) is 11.4 Å². The Bertz CT molecular complexity index is 857. The van der Waals surface area contributed by atoms with Gasteiger partial charge in [0.15, 0.2) is 0 Å². The first kappa shape index (κ1) is 13.4. The number of para-hydroxylation sites is 1. The number of carbonyl (C=O) groups excluding carboxylic acids is 1. The third kappa shape index (κ3) is 2.32. The average Bonchev–Trinajstić information content (AvgIpc) is 3.05. The summed E-state index contributed by atoms with van der Waals surface area (Å²) >= 11 is 0. The molecule has 1 aromatic carbocycles. The monoisotopic (exact) mass is 306 g/mol. The first-order valence-corrected chi connectivity index (χ1v) is 7.24. The molecule has 23 heavy (non-hydrogen) atoms. The number of pyridine rings is 1. The molecule has 2 aliphatic heterocycles. The standard InChI is InChI=1S/C16H14N6O/c17-11-7-10(8-18-9-11)15(23)21-16-20-13-4-2-1-3-12(13)14-19-5-6-22(14)16/h1-4,7-9H,5-6,17H2,(H,20,21,23). The Morgan fingerprint density at radius 1 is 1.26 bits per heavy atom. The molecule has 7 heteroatoms. The minimum Gasteiger partial charge on any atom is -0.397 e. The zero-order chi connectivity index (χ0) is 15.8. The normalized spacial score (nSPS) is 15.4. The molecule has 7 nitrogen and oxygen atoms in total. The summed E-state index contributed by atoms with van der Waals surface area (Å²) in [7, 11) is 0. The summed E-state index contributed by atoms with van der Waals surface area (Å²) in [6, 6.07) is 9.33. The number of nitrogens with two attached hydrogens (primary N) is 1. The smallest absolute Gasteiger partial charge is 0.259 e. The first-order chi connectivity index (χ1) is 11.2. The predicted molar refractivity (Wildman–Crippen MR) is 87.8 cm³/mol. The molecule has 3 heterocycles. The summed E-state index contributed by atoms with van der Waals surface area (Å²) in [4.78, 5) is 27.3. The molecule has 0 bridgehead atoms. The second-order valence-electron chi connectivity index (χ2n) is 5.27. The quantitative estimate of drug-likeness (QED) is 0.826. The van der Waals surface area contributed by atoms with Crippen molar-refractivity contribution in [2.75, 3.05) is 18.8 Å². The van der Waals surface area contributed by atoms with E-state index in [2.05, 4.69) is 20.3 Å². The highest BCUT2D eigenvalue weighted by Gasteiger charge is 2.30. The highest BCUT2D eigenvalue weighted by molar-refractivity contribution is 6.19. The second kappa shape index (κ2) is 5.20. The van der Waals surface area contributed by atoms with Crippen LogP contribution < -0.4 is 11.1 Å². The Balaban J connectivity index is 1.68. The first-order valence-electron chi connectivity index (χ1n) is 7.24. The van der Waals surface area contributed by atoms with Gasteiger partial charge in [0.05, 0.1) is 23.5 Å². The van der Waals surface area contributed by atoms with E-state index in [1.54, 1.807) is 6.07 Å². The number of nitrogen functional groups attached to an aromatic ring is 1. The van der Waals surface area contributed by atoms with Crippen LogP contribution in [0.1, 0.15) is 15.9 Å². The molecule has 114 valence electrons. The molecule has 2 aliphatic rings. The van der Waals surface area contributed by atoms with Gasteiger partial charge in [0.1, 0.15) is 5.84 Å². The average molecular weight is 306 g/mol. The SMILES string of the molecule is Nc1cncc(C(=O)NC2=Nc3ccccc3C3=NCCN23)c1. The molecule has 1 amide bonds. The lowest BCUT2D eigenvalue weighted by molar-refractivity contribution is 0.0974. The van der Waals surface area contributed by atoms with Crippen LogP contribution in [0.25, 0.3) is 0 Å². The molecule has 0 unspecified atom stereocenters. The van der Waals surface area contributed by atoms with Crippen molar-refractivity contribution in [3.05, 3.63) is 53.9 Å². The van der Waals surface area contributed by atoms with Gasteiger partial charge in [-0.2, -0.15) is 0 Å². The summed E-state index contributed by atoms with van der Waals surface area (Å²) in [6.07, 6.45) is 2.97. The molecule has 0 spiro atoms. The Morgan fingerprint density at radius 2 is 2.13 bits per heavy atom. The molecule has 0 atom stereocenters. The second-order valence-corrected chi connectivity index (χ2v) is 5.27. The summed E-state index contributed by atoms with van der Waals surface area (Å²) in [5, 5.41) is 2.84. The largest absolute Gasteiger partial charge is 0.397 e. The van der Waals surface area contributed by atoms with Crippen molar-refractivity contribution in [1.82, 2.24) is 15.2 Å². The van der Waals surface area contributed by atoms with Crippen LogP contribution >= 0.6 is 0 Å². The van der Waals surface area contributed by atoms with Crippen LogP contribution in [0.15, 0.2) is 52.7 Å². The fourth-order valence-electron chi connectivity index (χ4n) is 2.67. The Kier molecular flexibility index (Phi) is 3.04. The molecule has 3 N–H and O–H groups in total. The summed E-state index contributed by atoms with van der Waals surface area (Å²) < 4.78 is 0. The third-order valence-electron chi connectivity index (χ3n) is 3.71. The van der Waals surface area contributed by atoms with E-state index < -0.39 is 0 Å². The van der Waals surface area contributed by atoms with Gasteiger partial charge in [-0.1, -0.05) is 12.1 Å². The number of nitrogens with one attached hydrogen (secondary N) is 1. The fraction of sp³-hybridized carbons (Fsp3) is 0.125. The lowest BCUT2D eigenvalue weighted by Crippen LogP contribution is -2.47. The topological polar surface area (TPSA) is 96.0 Å². The number of guanidine groups is 1. The van der Waals surface area contributed by atoms with E-state index in [0.29, 0.717) is 30.3 Å². The molecular formula is C16H14N6O. The number of hydrogen-bond acceptors (Lipinski definition) is 6. The van der Waals surface area contributed by atoms with Gasteiger partial charge in [0, 0.05) is 24.5 Å². The van der Waals surface area contributed by atoms with Crippen molar-refractivity contribution in [3.63, 3.8) is 0 Å². The van der Waals surface area contributed by atoms with E-state index >= 15 is 0 Å². The minimum absolute atomic E-state index is 0.297. The number of anilines is 1. The molecule has 1 aromatic heterocycles. The van der Waals surface area contributed by atoms with Gasteiger partial charge < -0.3 is 5.73 Å². The number of nitrogens with zero attached hydrogens (tertiary/aromatic N) is 4. The van der Waals surface area contributed by atoms with E-state index in [9.17, 15) is 4.79 Å². The highest BCUT2D eigenvalue weighted by Crippen LogP contribution is 2.27. The number of rotatable bonds is 1. The van der Waals surface area contributed by atoms with Crippen LogP contribution in [-0.4, -0.2) is 40.7 Å². The van der Waals surface area contributed by atoms with Crippen molar-refractivity contribution in [1.29, 1.82) is 0 Å². The van der Waals surface area contributed by atoms with E-state index in [1.165, 1.54) is 12.4 Å². The molecule has 0 saturated carbocycles. The zero-order valence-corrected chi connectivity index (χ0v) is 12.2. The predicted octanol–water partition coefficient (Wildman–Crippen LogP) is 1.16. The van der Waals surface area contributed by atoms with Gasteiger partial charge in [-0.05, 0) is 18.2 Å². The van der Waals surface area contributed by atoms with Crippen molar-refractivity contribution < 1.29 is 4.79 Å². The number of amides is 1. The van der Waals surface area contributed by atoms with E-state index in [4.69, 9.17) is 5.73 Å². The number of fused-ring (bicyclic) bond motifs is 3. The van der Waals surface area contributed by atoms with Crippen molar-refractivity contribution in [2.45, 2.75) is 0 Å². The van der Waals surface area contributed by atoms with E-state index in [1.807, 2.05) is 29.2 Å². The maximum atomic E-state index is 12.4. The molecule has 2 aromatic rings. The lowest BCUT2D eigenvalue weighted by Gasteiger charge is -2.27. The van der Waals surface area contributed by atoms with Crippen molar-refractivity contribution in [2.24, 2.45) is 9.98 Å². The number of aromatic nitrogens is 1. The van der Waals surface area contributed by atoms with Crippen LogP contribution in [0.3, 0.4) is 0 Å². The maximum Gasteiger partial charge on any atom is 0.259 e. The van der Waals surface area contributed by atoms with Crippen molar-refractivity contribution in [3.8, 4) is 0 Å². The Morgan fingerprint density at radius 3 is 3.00 bits per heavy atom. The molecular weight excluding hydrogens is 292 g/mol. The zero-order valence-electron chi connectivity index (χ0n) is 12.2. The van der Waals surface area contributed by atoms with Gasteiger partial charge in [-0.25, -0.2) is 4.99 Å². The van der Waals surface area contributed by atoms with Gasteiger partial charge in [-0.15, -0.1) is 0 Å². The fourth-order valence-corrected chi connectivity index (χ4v) is 2.67. The van der Waals surface area contributed by atoms with Gasteiger partial charge in [0.25, 0.3) is 5.91 Å². The Labute approximate surface area is 132 Å². The van der Waals surface area contributed by atoms with Gasteiger partial charge >= 0.3 is 0 Å². The van der Waals surface area contributed by atoms with E-state index in [0.717, 1.165) is 17.1 Å². The molecule has 0 saturated heterocycles. The van der Waals surface area contributed by atoms with Crippen LogP contribution in [0.5, 0.6) is 0 Å². The van der Waals surface area contributed by atoms with Crippen molar-refractivity contribution >= 4 is 29.1 Å². The van der Waals surface area contributed by atoms with Gasteiger partial charge in [-0.3, -0.25) is 25.0 Å². The summed E-state index contributed by atoms with van der Waals surface area (Å²) in [6.45, 7) is 1.37. The van der Waals surface area contributed by atoms with Crippen LogP contribution in [0.2, 0.25) is 0 Å². The number of aliphatic imine (C=N–C) groups is 2. The summed E-state index contributed by atoms with van der Waals surface area (Å²) in [5.74, 6) is 1.03. The summed E-state index contributed by atoms with van der Waals surface area (Å²) in [5.41, 5.74) is 8.29. The third-order valence-corrected chi connectivity index (χ3v) is 3.71. The number of hydrogen-bond donors (Lipinski definition) is 2. The molecule has 0 radical (unpaired) electrons. The maximum absolute atomic E-state index is 12.4. The molecule has 0 fully saturated rings. The minimum atomic E-state index is -0.297. The number of benzene rings is 1. The van der Waals surface area contributed by atoms with Crippen LogP contribution in [-0.2, 0) is 0 Å². The number of carbonyl (C=O) groups is 1. The molecule has 0 aliphatic carbocycles.